The van der Waals surface area contributed by atoms with Crippen LogP contribution in [0.4, 0.5) is 0 Å². The third kappa shape index (κ3) is 6.53. The second-order valence-corrected chi connectivity index (χ2v) is 4.54. The number of hydrogen-bond acceptors (Lipinski definition) is 7. The van der Waals surface area contributed by atoms with E-state index in [0.29, 0.717) is 13.2 Å². The lowest BCUT2D eigenvalue weighted by Crippen LogP contribution is -2.31. The highest BCUT2D eigenvalue weighted by atomic mass is 16.5. The summed E-state index contributed by atoms with van der Waals surface area (Å²) in [6, 6.07) is 4.24. The van der Waals surface area contributed by atoms with E-state index >= 15 is 0 Å². The van der Waals surface area contributed by atoms with Gasteiger partial charge in [-0.2, -0.15) is 0 Å². The van der Waals surface area contributed by atoms with Crippen LogP contribution in [-0.4, -0.2) is 58.4 Å². The van der Waals surface area contributed by atoms with E-state index in [1.807, 2.05) is 0 Å². The number of primary amides is 1. The molecular formula is C15H20N2O7. The van der Waals surface area contributed by atoms with Gasteiger partial charge in [-0.3, -0.25) is 9.59 Å². The van der Waals surface area contributed by atoms with Gasteiger partial charge in [-0.15, -0.1) is 0 Å². The molecule has 1 aromatic carbocycles. The van der Waals surface area contributed by atoms with Crippen molar-refractivity contribution in [2.45, 2.75) is 0 Å². The van der Waals surface area contributed by atoms with Crippen LogP contribution in [-0.2, 0) is 19.1 Å². The van der Waals surface area contributed by atoms with Crippen LogP contribution in [0.3, 0.4) is 0 Å². The number of nitrogens with two attached hydrogens (primary N) is 1. The summed E-state index contributed by atoms with van der Waals surface area (Å²) in [6.07, 6.45) is 0. The smallest absolute Gasteiger partial charge is 0.338 e. The first-order valence-corrected chi connectivity index (χ1v) is 6.99. The minimum absolute atomic E-state index is 0.169. The van der Waals surface area contributed by atoms with Crippen LogP contribution in [0.1, 0.15) is 10.4 Å². The number of methoxy groups -OCH3 is 2. The maximum atomic E-state index is 11.9. The van der Waals surface area contributed by atoms with E-state index in [0.717, 1.165) is 0 Å². The van der Waals surface area contributed by atoms with Crippen molar-refractivity contribution in [3.63, 3.8) is 0 Å². The van der Waals surface area contributed by atoms with Gasteiger partial charge < -0.3 is 30.0 Å². The Labute approximate surface area is 139 Å². The average molecular weight is 340 g/mol. The zero-order chi connectivity index (χ0) is 17.9. The highest BCUT2D eigenvalue weighted by molar-refractivity contribution is 5.92. The fraction of sp³-hybridized carbons (Fsp3) is 0.400. The molecule has 0 aromatic heterocycles. The fourth-order valence-electron chi connectivity index (χ4n) is 1.62. The lowest BCUT2D eigenvalue weighted by molar-refractivity contribution is -0.124. The first-order valence-electron chi connectivity index (χ1n) is 6.99. The fourth-order valence-corrected chi connectivity index (χ4v) is 1.62. The topological polar surface area (TPSA) is 126 Å². The zero-order valence-electron chi connectivity index (χ0n) is 13.5. The molecule has 0 aliphatic heterocycles. The lowest BCUT2D eigenvalue weighted by Gasteiger charge is -2.11. The Morgan fingerprint density at radius 3 is 2.50 bits per heavy atom. The number of esters is 1. The van der Waals surface area contributed by atoms with Gasteiger partial charge in [-0.05, 0) is 18.2 Å². The maximum absolute atomic E-state index is 11.9. The molecule has 0 unspecified atom stereocenters. The predicted molar refractivity (Wildman–Crippen MR) is 82.9 cm³/mol. The van der Waals surface area contributed by atoms with E-state index in [1.54, 1.807) is 0 Å². The van der Waals surface area contributed by atoms with E-state index < -0.39 is 24.4 Å². The van der Waals surface area contributed by atoms with Crippen molar-refractivity contribution in [1.82, 2.24) is 5.32 Å². The molecule has 0 aliphatic rings. The summed E-state index contributed by atoms with van der Waals surface area (Å²) in [5.41, 5.74) is 5.17. The Kier molecular flexibility index (Phi) is 8.06. The lowest BCUT2D eigenvalue weighted by atomic mass is 10.2. The molecular weight excluding hydrogens is 320 g/mol. The van der Waals surface area contributed by atoms with E-state index in [9.17, 15) is 14.4 Å². The monoisotopic (exact) mass is 340 g/mol. The Hall–Kier alpha value is -2.81. The molecule has 0 saturated heterocycles. The van der Waals surface area contributed by atoms with Crippen LogP contribution >= 0.6 is 0 Å². The molecule has 0 fully saturated rings. The van der Waals surface area contributed by atoms with E-state index in [4.69, 9.17) is 24.7 Å². The van der Waals surface area contributed by atoms with E-state index in [-0.39, 0.29) is 23.7 Å². The number of nitrogens with one attached hydrogen (secondary N) is 1. The number of carbonyl (C=O) groups excluding carboxylic acids is 3. The molecule has 0 bridgehead atoms. The third-order valence-electron chi connectivity index (χ3n) is 2.73. The van der Waals surface area contributed by atoms with Crippen LogP contribution in [0.2, 0.25) is 0 Å². The summed E-state index contributed by atoms with van der Waals surface area (Å²) < 4.78 is 19.9. The average Bonchev–Trinajstić information content (AvgIpc) is 2.57. The van der Waals surface area contributed by atoms with Crippen LogP contribution < -0.4 is 20.5 Å². The van der Waals surface area contributed by atoms with Gasteiger partial charge in [0.25, 0.3) is 11.8 Å². The quantitative estimate of drug-likeness (QED) is 0.433. The number of rotatable bonds is 10. The highest BCUT2D eigenvalue weighted by Gasteiger charge is 2.14. The Morgan fingerprint density at radius 2 is 1.88 bits per heavy atom. The van der Waals surface area contributed by atoms with Crippen LogP contribution in [0.25, 0.3) is 0 Å². The summed E-state index contributed by atoms with van der Waals surface area (Å²) in [5, 5.41) is 2.52. The Bertz CT molecular complexity index is 589. The van der Waals surface area contributed by atoms with Crippen molar-refractivity contribution in [3.05, 3.63) is 23.8 Å². The largest absolute Gasteiger partial charge is 0.493 e. The van der Waals surface area contributed by atoms with Gasteiger partial charge in [0, 0.05) is 13.7 Å². The van der Waals surface area contributed by atoms with Crippen molar-refractivity contribution < 1.29 is 33.3 Å². The standard InChI is InChI=1S/C15H20N2O7/c1-21-6-5-17-14(19)9-24-15(20)10-3-4-11(12(7-10)22-2)23-8-13(16)18/h3-4,7H,5-6,8-9H2,1-2H3,(H2,16,18)(H,17,19). The normalized spacial score (nSPS) is 9.92. The predicted octanol–water partition coefficient (Wildman–Crippen LogP) is -0.521. The number of benzene rings is 1. The summed E-state index contributed by atoms with van der Waals surface area (Å²) >= 11 is 0. The minimum atomic E-state index is -0.698. The van der Waals surface area contributed by atoms with Crippen molar-refractivity contribution in [1.29, 1.82) is 0 Å². The zero-order valence-corrected chi connectivity index (χ0v) is 13.5. The summed E-state index contributed by atoms with van der Waals surface area (Å²) in [6.45, 7) is -0.0388. The van der Waals surface area contributed by atoms with Crippen molar-refractivity contribution in [3.8, 4) is 11.5 Å². The van der Waals surface area contributed by atoms with Crippen LogP contribution in [0.5, 0.6) is 11.5 Å². The summed E-state index contributed by atoms with van der Waals surface area (Å²) in [7, 11) is 2.89. The van der Waals surface area contributed by atoms with Crippen LogP contribution in [0.15, 0.2) is 18.2 Å². The van der Waals surface area contributed by atoms with Crippen molar-refractivity contribution >= 4 is 17.8 Å². The molecule has 132 valence electrons. The van der Waals surface area contributed by atoms with Gasteiger partial charge in [-0.25, -0.2) is 4.79 Å². The van der Waals surface area contributed by atoms with Crippen LogP contribution in [0, 0.1) is 0 Å². The maximum Gasteiger partial charge on any atom is 0.338 e. The summed E-state index contributed by atoms with van der Waals surface area (Å²) in [4.78, 5) is 34.1. The molecule has 9 heteroatoms. The minimum Gasteiger partial charge on any atom is -0.493 e. The van der Waals surface area contributed by atoms with E-state index in [2.05, 4.69) is 5.32 Å². The molecule has 3 N–H and O–H groups in total. The Morgan fingerprint density at radius 1 is 1.12 bits per heavy atom. The van der Waals surface area contributed by atoms with Gasteiger partial charge in [0.15, 0.2) is 24.7 Å². The number of ether oxygens (including phenoxy) is 4. The van der Waals surface area contributed by atoms with Gasteiger partial charge >= 0.3 is 5.97 Å². The highest BCUT2D eigenvalue weighted by Crippen LogP contribution is 2.28. The summed E-state index contributed by atoms with van der Waals surface area (Å²) in [5.74, 6) is -1.29. The molecule has 0 heterocycles. The molecule has 0 aliphatic carbocycles. The molecule has 2 amide bonds. The molecule has 0 radical (unpaired) electrons. The van der Waals surface area contributed by atoms with Gasteiger partial charge in [0.05, 0.1) is 19.3 Å². The molecule has 1 aromatic rings. The van der Waals surface area contributed by atoms with Gasteiger partial charge in [0.1, 0.15) is 0 Å². The van der Waals surface area contributed by atoms with E-state index in [1.165, 1.54) is 32.4 Å². The molecule has 24 heavy (non-hydrogen) atoms. The second-order valence-electron chi connectivity index (χ2n) is 4.54. The third-order valence-corrected chi connectivity index (χ3v) is 2.73. The van der Waals surface area contributed by atoms with Gasteiger partial charge in [0.2, 0.25) is 0 Å². The number of carbonyl (C=O) groups is 3. The molecule has 0 saturated carbocycles. The number of hydrogen-bond donors (Lipinski definition) is 2. The SMILES string of the molecule is COCCNC(=O)COC(=O)c1ccc(OCC(N)=O)c(OC)c1. The molecule has 0 spiro atoms. The second kappa shape index (κ2) is 10.1. The molecule has 9 nitrogen and oxygen atoms in total. The molecule has 1 rings (SSSR count). The van der Waals surface area contributed by atoms with Crippen molar-refractivity contribution in [2.75, 3.05) is 40.6 Å². The first-order chi connectivity index (χ1) is 11.5. The number of amides is 2. The molecule has 0 atom stereocenters. The Balaban J connectivity index is 2.61. The van der Waals surface area contributed by atoms with Gasteiger partial charge in [-0.1, -0.05) is 0 Å². The first kappa shape index (κ1) is 19.2. The van der Waals surface area contributed by atoms with Crippen molar-refractivity contribution in [2.24, 2.45) is 5.73 Å².